The number of rotatable bonds is 4. The smallest absolute Gasteiger partial charge is 0.249 e. The Kier molecular flexibility index (Phi) is 4.94. The van der Waals surface area contributed by atoms with E-state index in [0.717, 1.165) is 46.6 Å². The average Bonchev–Trinajstić information content (AvgIpc) is 2.73. The molecule has 2 heterocycles. The number of hydrogen-bond donors (Lipinski definition) is 1. The van der Waals surface area contributed by atoms with Crippen molar-refractivity contribution in [3.63, 3.8) is 0 Å². The van der Waals surface area contributed by atoms with Crippen LogP contribution in [-0.4, -0.2) is 29.0 Å². The largest absolute Gasteiger partial charge is 0.366 e. The number of alkyl halides is 1. The van der Waals surface area contributed by atoms with Gasteiger partial charge in [0.05, 0.1) is 17.2 Å². The number of nitrogens with zero attached hydrogens (tertiary/aromatic N) is 3. The minimum Gasteiger partial charge on any atom is -0.366 e. The zero-order valence-corrected chi connectivity index (χ0v) is 15.7. The van der Waals surface area contributed by atoms with E-state index in [9.17, 15) is 4.79 Å². The third-order valence-electron chi connectivity index (χ3n) is 5.06. The molecule has 0 unspecified atom stereocenters. The van der Waals surface area contributed by atoms with Crippen molar-refractivity contribution < 1.29 is 4.79 Å². The molecule has 6 heteroatoms. The van der Waals surface area contributed by atoms with Gasteiger partial charge in [0.2, 0.25) is 5.91 Å². The number of carbonyl (C=O) groups excluding carboxylic acids is 1. The summed E-state index contributed by atoms with van der Waals surface area (Å²) in [6.07, 6.45) is 5.55. The normalized spacial score (nSPS) is 14.5. The number of amides is 1. The highest BCUT2D eigenvalue weighted by Crippen LogP contribution is 2.27. The van der Waals surface area contributed by atoms with Crippen LogP contribution in [0.2, 0.25) is 0 Å². The number of nitrogens with two attached hydrogens (primary N) is 1. The summed E-state index contributed by atoms with van der Waals surface area (Å²) in [5.74, 6) is 0.705. The summed E-state index contributed by atoms with van der Waals surface area (Å²) in [5, 5.41) is 0. The minimum atomic E-state index is -0.465. The zero-order chi connectivity index (χ0) is 18.8. The lowest BCUT2D eigenvalue weighted by molar-refractivity contribution is 0.0999. The van der Waals surface area contributed by atoms with Gasteiger partial charge < -0.3 is 10.6 Å². The molecular formula is C21H21ClN4O. The van der Waals surface area contributed by atoms with Crippen molar-refractivity contribution in [3.8, 4) is 11.1 Å². The highest BCUT2D eigenvalue weighted by atomic mass is 35.5. The zero-order valence-electron chi connectivity index (χ0n) is 15.0. The van der Waals surface area contributed by atoms with Gasteiger partial charge in [-0.05, 0) is 60.2 Å². The van der Waals surface area contributed by atoms with E-state index in [1.165, 1.54) is 19.3 Å². The van der Waals surface area contributed by atoms with Crippen molar-refractivity contribution in [2.75, 3.05) is 18.0 Å². The molecule has 1 aliphatic rings. The standard InChI is InChI=1S/C21H21ClN4O/c22-12-16-10-14(4-6-17(16)21(23)27)15-5-7-18-19(11-15)25-20(13-24-18)26-8-2-1-3-9-26/h4-7,10-11,13H,1-3,8-9,12H2,(H2,23,27). The second-order valence-corrected chi connectivity index (χ2v) is 7.12. The Labute approximate surface area is 163 Å². The molecule has 5 nitrogen and oxygen atoms in total. The monoisotopic (exact) mass is 380 g/mol. The Bertz CT molecular complexity index is 999. The third kappa shape index (κ3) is 3.60. The van der Waals surface area contributed by atoms with Gasteiger partial charge in [-0.3, -0.25) is 9.78 Å². The fourth-order valence-electron chi connectivity index (χ4n) is 3.58. The summed E-state index contributed by atoms with van der Waals surface area (Å²) in [6, 6.07) is 11.5. The molecule has 0 radical (unpaired) electrons. The predicted octanol–water partition coefficient (Wildman–Crippen LogP) is 4.12. The summed E-state index contributed by atoms with van der Waals surface area (Å²) in [5.41, 5.74) is 10.3. The number of anilines is 1. The molecule has 138 valence electrons. The van der Waals surface area contributed by atoms with E-state index in [1.807, 2.05) is 36.5 Å². The van der Waals surface area contributed by atoms with Gasteiger partial charge in [0.15, 0.2) is 0 Å². The van der Waals surface area contributed by atoms with Gasteiger partial charge in [0.25, 0.3) is 0 Å². The number of carbonyl (C=O) groups is 1. The molecule has 1 aliphatic heterocycles. The van der Waals surface area contributed by atoms with Crippen LogP contribution in [0.4, 0.5) is 5.82 Å². The van der Waals surface area contributed by atoms with E-state index in [4.69, 9.17) is 22.3 Å². The lowest BCUT2D eigenvalue weighted by Gasteiger charge is -2.27. The lowest BCUT2D eigenvalue weighted by atomic mass is 9.99. The van der Waals surface area contributed by atoms with Crippen LogP contribution in [0.1, 0.15) is 35.2 Å². The molecule has 2 aromatic carbocycles. The molecule has 0 spiro atoms. The van der Waals surface area contributed by atoms with Crippen molar-refractivity contribution in [3.05, 3.63) is 53.7 Å². The first kappa shape index (κ1) is 17.7. The van der Waals surface area contributed by atoms with E-state index in [1.54, 1.807) is 6.07 Å². The van der Waals surface area contributed by atoms with Crippen LogP contribution >= 0.6 is 11.6 Å². The van der Waals surface area contributed by atoms with Crippen LogP contribution in [0.3, 0.4) is 0 Å². The van der Waals surface area contributed by atoms with Gasteiger partial charge in [-0.15, -0.1) is 11.6 Å². The van der Waals surface area contributed by atoms with E-state index in [0.29, 0.717) is 5.56 Å². The number of hydrogen-bond acceptors (Lipinski definition) is 4. The molecule has 0 aliphatic carbocycles. The number of benzene rings is 2. The Balaban J connectivity index is 1.73. The Morgan fingerprint density at radius 3 is 2.52 bits per heavy atom. The molecule has 1 saturated heterocycles. The van der Waals surface area contributed by atoms with Crippen molar-refractivity contribution in [1.29, 1.82) is 0 Å². The SMILES string of the molecule is NC(=O)c1ccc(-c2ccc3ncc(N4CCCCC4)nc3c2)cc1CCl. The first-order valence-electron chi connectivity index (χ1n) is 9.16. The predicted molar refractivity (Wildman–Crippen MR) is 109 cm³/mol. The number of halogens is 1. The number of primary amides is 1. The molecule has 0 atom stereocenters. The Morgan fingerprint density at radius 2 is 1.78 bits per heavy atom. The first-order valence-corrected chi connectivity index (χ1v) is 9.70. The summed E-state index contributed by atoms with van der Waals surface area (Å²) in [7, 11) is 0. The molecule has 0 saturated carbocycles. The second kappa shape index (κ2) is 7.53. The number of aromatic nitrogens is 2. The van der Waals surface area contributed by atoms with Crippen LogP contribution in [0.15, 0.2) is 42.6 Å². The van der Waals surface area contributed by atoms with Crippen LogP contribution in [0, 0.1) is 0 Å². The van der Waals surface area contributed by atoms with Gasteiger partial charge in [0.1, 0.15) is 5.82 Å². The summed E-state index contributed by atoms with van der Waals surface area (Å²) < 4.78 is 0. The van der Waals surface area contributed by atoms with Gasteiger partial charge in [0, 0.05) is 24.5 Å². The van der Waals surface area contributed by atoms with Crippen molar-refractivity contribution in [1.82, 2.24) is 9.97 Å². The van der Waals surface area contributed by atoms with Crippen LogP contribution in [0.25, 0.3) is 22.2 Å². The van der Waals surface area contributed by atoms with E-state index in [2.05, 4.69) is 9.88 Å². The molecule has 1 aromatic heterocycles. The van der Waals surface area contributed by atoms with E-state index < -0.39 is 5.91 Å². The lowest BCUT2D eigenvalue weighted by Crippen LogP contribution is -2.30. The fraction of sp³-hybridized carbons (Fsp3) is 0.286. The van der Waals surface area contributed by atoms with E-state index in [-0.39, 0.29) is 5.88 Å². The molecule has 1 amide bonds. The van der Waals surface area contributed by atoms with Gasteiger partial charge >= 0.3 is 0 Å². The maximum Gasteiger partial charge on any atom is 0.249 e. The Hall–Kier alpha value is -2.66. The topological polar surface area (TPSA) is 72.1 Å². The summed E-state index contributed by atoms with van der Waals surface area (Å²) in [4.78, 5) is 23.2. The van der Waals surface area contributed by atoms with Crippen LogP contribution < -0.4 is 10.6 Å². The number of piperidine rings is 1. The van der Waals surface area contributed by atoms with Gasteiger partial charge in [-0.1, -0.05) is 12.1 Å². The fourth-order valence-corrected chi connectivity index (χ4v) is 3.80. The molecular weight excluding hydrogens is 360 g/mol. The Morgan fingerprint density at radius 1 is 1.04 bits per heavy atom. The third-order valence-corrected chi connectivity index (χ3v) is 5.35. The molecule has 0 bridgehead atoms. The maximum absolute atomic E-state index is 11.5. The van der Waals surface area contributed by atoms with Gasteiger partial charge in [-0.2, -0.15) is 0 Å². The second-order valence-electron chi connectivity index (χ2n) is 6.85. The molecule has 1 fully saturated rings. The van der Waals surface area contributed by atoms with E-state index >= 15 is 0 Å². The summed E-state index contributed by atoms with van der Waals surface area (Å²) >= 11 is 6.00. The quantitative estimate of drug-likeness (QED) is 0.691. The average molecular weight is 381 g/mol. The van der Waals surface area contributed by atoms with Crippen LogP contribution in [0.5, 0.6) is 0 Å². The highest BCUT2D eigenvalue weighted by molar-refractivity contribution is 6.17. The molecule has 3 aromatic rings. The minimum absolute atomic E-state index is 0.235. The molecule has 4 rings (SSSR count). The molecule has 2 N–H and O–H groups in total. The maximum atomic E-state index is 11.5. The first-order chi connectivity index (χ1) is 13.2. The van der Waals surface area contributed by atoms with Crippen LogP contribution in [-0.2, 0) is 5.88 Å². The number of fused-ring (bicyclic) bond motifs is 1. The van der Waals surface area contributed by atoms with Gasteiger partial charge in [-0.25, -0.2) is 4.98 Å². The van der Waals surface area contributed by atoms with Crippen molar-refractivity contribution in [2.45, 2.75) is 25.1 Å². The summed E-state index contributed by atoms with van der Waals surface area (Å²) in [6.45, 7) is 2.07. The highest BCUT2D eigenvalue weighted by Gasteiger charge is 2.14. The molecule has 27 heavy (non-hydrogen) atoms. The van der Waals surface area contributed by atoms with Crippen molar-refractivity contribution >= 4 is 34.4 Å². The van der Waals surface area contributed by atoms with Crippen molar-refractivity contribution in [2.24, 2.45) is 5.73 Å².